The van der Waals surface area contributed by atoms with E-state index >= 15 is 0 Å². The molecule has 0 saturated carbocycles. The molecule has 2 rings (SSSR count). The number of rotatable bonds is 4. The van der Waals surface area contributed by atoms with Gasteiger partial charge in [-0.1, -0.05) is 41.4 Å². The van der Waals surface area contributed by atoms with Crippen molar-refractivity contribution in [3.63, 3.8) is 0 Å². The molecule has 1 unspecified atom stereocenters. The molecule has 0 heterocycles. The van der Waals surface area contributed by atoms with Gasteiger partial charge in [-0.25, -0.2) is 0 Å². The summed E-state index contributed by atoms with van der Waals surface area (Å²) in [6, 6.07) is 12.5. The van der Waals surface area contributed by atoms with Crippen LogP contribution in [0.3, 0.4) is 0 Å². The third-order valence-electron chi connectivity index (χ3n) is 3.48. The van der Waals surface area contributed by atoms with Crippen LogP contribution < -0.4 is 11.3 Å². The van der Waals surface area contributed by atoms with Crippen LogP contribution in [-0.2, 0) is 6.42 Å². The first-order valence-electron chi connectivity index (χ1n) is 6.48. The van der Waals surface area contributed by atoms with Crippen LogP contribution >= 0.6 is 27.5 Å². The van der Waals surface area contributed by atoms with E-state index in [-0.39, 0.29) is 6.04 Å². The molecule has 106 valence electrons. The molecule has 0 fully saturated rings. The van der Waals surface area contributed by atoms with Crippen LogP contribution in [0.5, 0.6) is 0 Å². The first-order chi connectivity index (χ1) is 9.51. The molecule has 0 bridgehead atoms. The number of hydrogen-bond acceptors (Lipinski definition) is 2. The molecule has 0 aliphatic rings. The largest absolute Gasteiger partial charge is 0.271 e. The first-order valence-corrected chi connectivity index (χ1v) is 7.65. The summed E-state index contributed by atoms with van der Waals surface area (Å²) in [5, 5.41) is 0.698. The van der Waals surface area contributed by atoms with E-state index in [1.54, 1.807) is 0 Å². The molecule has 2 aromatic carbocycles. The Morgan fingerprint density at radius 1 is 1.20 bits per heavy atom. The maximum Gasteiger partial charge on any atom is 0.0551 e. The minimum Gasteiger partial charge on any atom is -0.271 e. The van der Waals surface area contributed by atoms with Gasteiger partial charge in [-0.2, -0.15) is 0 Å². The minimum absolute atomic E-state index is 0.0427. The third-order valence-corrected chi connectivity index (χ3v) is 4.71. The second kappa shape index (κ2) is 6.72. The zero-order valence-electron chi connectivity index (χ0n) is 11.6. The molecule has 3 N–H and O–H groups in total. The highest BCUT2D eigenvalue weighted by atomic mass is 79.9. The smallest absolute Gasteiger partial charge is 0.0551 e. The van der Waals surface area contributed by atoms with E-state index in [1.165, 1.54) is 16.7 Å². The van der Waals surface area contributed by atoms with Gasteiger partial charge in [-0.3, -0.25) is 11.3 Å². The normalized spacial score (nSPS) is 12.4. The molecule has 0 aliphatic carbocycles. The van der Waals surface area contributed by atoms with E-state index in [4.69, 9.17) is 17.4 Å². The zero-order valence-corrected chi connectivity index (χ0v) is 13.9. The Morgan fingerprint density at radius 3 is 2.60 bits per heavy atom. The summed E-state index contributed by atoms with van der Waals surface area (Å²) in [4.78, 5) is 0. The SMILES string of the molecule is Cc1ccc(C)c(CC(NN)c2ccc(Br)c(Cl)c2)c1. The molecule has 0 aromatic heterocycles. The van der Waals surface area contributed by atoms with Crippen molar-refractivity contribution in [3.05, 3.63) is 68.1 Å². The molecule has 0 saturated heterocycles. The van der Waals surface area contributed by atoms with Crippen molar-refractivity contribution in [2.24, 2.45) is 5.84 Å². The highest BCUT2D eigenvalue weighted by Crippen LogP contribution is 2.28. The number of halogens is 2. The van der Waals surface area contributed by atoms with Crippen molar-refractivity contribution < 1.29 is 0 Å². The van der Waals surface area contributed by atoms with Crippen molar-refractivity contribution in [1.29, 1.82) is 0 Å². The van der Waals surface area contributed by atoms with Gasteiger partial charge in [0.05, 0.1) is 11.1 Å². The average Bonchev–Trinajstić information content (AvgIpc) is 2.43. The average molecular weight is 354 g/mol. The third kappa shape index (κ3) is 3.61. The summed E-state index contributed by atoms with van der Waals surface area (Å²) in [7, 11) is 0. The lowest BCUT2D eigenvalue weighted by Gasteiger charge is -2.18. The Labute approximate surface area is 133 Å². The molecule has 0 spiro atoms. The minimum atomic E-state index is 0.0427. The Kier molecular flexibility index (Phi) is 5.22. The van der Waals surface area contributed by atoms with E-state index in [2.05, 4.69) is 53.4 Å². The number of nitrogens with two attached hydrogens (primary N) is 1. The van der Waals surface area contributed by atoms with E-state index in [1.807, 2.05) is 18.2 Å². The summed E-state index contributed by atoms with van der Waals surface area (Å²) in [5.41, 5.74) is 7.81. The quantitative estimate of drug-likeness (QED) is 0.629. The van der Waals surface area contributed by atoms with E-state index in [0.29, 0.717) is 5.02 Å². The first kappa shape index (κ1) is 15.5. The van der Waals surface area contributed by atoms with Crippen LogP contribution in [0.4, 0.5) is 0 Å². The number of benzene rings is 2. The van der Waals surface area contributed by atoms with Crippen molar-refractivity contribution in [2.75, 3.05) is 0 Å². The molecule has 1 atom stereocenters. The molecule has 0 amide bonds. The molecule has 0 radical (unpaired) electrons. The molecule has 0 aliphatic heterocycles. The van der Waals surface area contributed by atoms with Crippen molar-refractivity contribution >= 4 is 27.5 Å². The highest BCUT2D eigenvalue weighted by molar-refractivity contribution is 9.10. The molecular formula is C16H18BrClN2. The Balaban J connectivity index is 2.28. The Hall–Kier alpha value is -0.870. The predicted octanol–water partition coefficient (Wildman–Crippen LogP) is 4.47. The monoisotopic (exact) mass is 352 g/mol. The predicted molar refractivity (Wildman–Crippen MR) is 88.8 cm³/mol. The van der Waals surface area contributed by atoms with Gasteiger partial charge in [-0.05, 0) is 65.0 Å². The van der Waals surface area contributed by atoms with E-state index < -0.39 is 0 Å². The van der Waals surface area contributed by atoms with Gasteiger partial charge in [-0.15, -0.1) is 0 Å². The zero-order chi connectivity index (χ0) is 14.7. The van der Waals surface area contributed by atoms with Crippen LogP contribution in [0.2, 0.25) is 5.02 Å². The fourth-order valence-corrected chi connectivity index (χ4v) is 2.68. The van der Waals surface area contributed by atoms with Gasteiger partial charge in [0.2, 0.25) is 0 Å². The summed E-state index contributed by atoms with van der Waals surface area (Å²) in [6.07, 6.45) is 0.835. The summed E-state index contributed by atoms with van der Waals surface area (Å²) < 4.78 is 0.894. The van der Waals surface area contributed by atoms with E-state index in [9.17, 15) is 0 Å². The lowest BCUT2D eigenvalue weighted by Crippen LogP contribution is -2.29. The van der Waals surface area contributed by atoms with Crippen LogP contribution in [0.25, 0.3) is 0 Å². The molecule has 2 nitrogen and oxygen atoms in total. The van der Waals surface area contributed by atoms with Crippen LogP contribution in [0.1, 0.15) is 28.3 Å². The van der Waals surface area contributed by atoms with Gasteiger partial charge in [0, 0.05) is 4.47 Å². The lowest BCUT2D eigenvalue weighted by molar-refractivity contribution is 0.550. The maximum atomic E-state index is 6.16. The van der Waals surface area contributed by atoms with Gasteiger partial charge < -0.3 is 0 Å². The van der Waals surface area contributed by atoms with Gasteiger partial charge in [0.25, 0.3) is 0 Å². The number of nitrogens with one attached hydrogen (secondary N) is 1. The fraction of sp³-hybridized carbons (Fsp3) is 0.250. The summed E-state index contributed by atoms with van der Waals surface area (Å²) >= 11 is 9.56. The number of aryl methyl sites for hydroxylation is 2. The van der Waals surface area contributed by atoms with Gasteiger partial charge in [0.1, 0.15) is 0 Å². The fourth-order valence-electron chi connectivity index (χ4n) is 2.24. The Bertz CT molecular complexity index is 613. The van der Waals surface area contributed by atoms with Crippen molar-refractivity contribution in [2.45, 2.75) is 26.3 Å². The highest BCUT2D eigenvalue weighted by Gasteiger charge is 2.13. The molecule has 20 heavy (non-hydrogen) atoms. The topological polar surface area (TPSA) is 38.0 Å². The number of hydrazine groups is 1. The van der Waals surface area contributed by atoms with E-state index in [0.717, 1.165) is 16.5 Å². The molecule has 2 aromatic rings. The summed E-state index contributed by atoms with van der Waals surface area (Å²) in [6.45, 7) is 4.22. The van der Waals surface area contributed by atoms with Crippen LogP contribution in [0, 0.1) is 13.8 Å². The van der Waals surface area contributed by atoms with Gasteiger partial charge >= 0.3 is 0 Å². The summed E-state index contributed by atoms with van der Waals surface area (Å²) in [5.74, 6) is 5.72. The number of hydrogen-bond donors (Lipinski definition) is 2. The van der Waals surface area contributed by atoms with Crippen molar-refractivity contribution in [1.82, 2.24) is 5.43 Å². The maximum absolute atomic E-state index is 6.16. The second-order valence-corrected chi connectivity index (χ2v) is 6.29. The molecule has 4 heteroatoms. The Morgan fingerprint density at radius 2 is 1.95 bits per heavy atom. The van der Waals surface area contributed by atoms with Crippen molar-refractivity contribution in [3.8, 4) is 0 Å². The standard InChI is InChI=1S/C16H18BrClN2/c1-10-3-4-11(2)13(7-10)9-16(20-19)12-5-6-14(17)15(18)8-12/h3-8,16,20H,9,19H2,1-2H3. The molecular weight excluding hydrogens is 336 g/mol. The van der Waals surface area contributed by atoms with Gasteiger partial charge in [0.15, 0.2) is 0 Å². The second-order valence-electron chi connectivity index (χ2n) is 5.03. The van der Waals surface area contributed by atoms with Crippen LogP contribution in [0.15, 0.2) is 40.9 Å². The lowest BCUT2D eigenvalue weighted by atomic mass is 9.95. The van der Waals surface area contributed by atoms with Crippen LogP contribution in [-0.4, -0.2) is 0 Å².